The second kappa shape index (κ2) is 5.50. The van der Waals surface area contributed by atoms with Gasteiger partial charge in [-0.2, -0.15) is 0 Å². The van der Waals surface area contributed by atoms with Crippen LogP contribution in [0, 0.1) is 5.82 Å². The lowest BCUT2D eigenvalue weighted by Gasteiger charge is -2.28. The average molecular weight is 274 g/mol. The van der Waals surface area contributed by atoms with E-state index in [2.05, 4.69) is 29.8 Å². The minimum Gasteiger partial charge on any atom is -0.367 e. The molecule has 0 unspecified atom stereocenters. The van der Waals surface area contributed by atoms with Crippen LogP contribution in [0.5, 0.6) is 0 Å². The number of anilines is 1. The summed E-state index contributed by atoms with van der Waals surface area (Å²) in [6.07, 6.45) is 0. The molecule has 0 heterocycles. The highest BCUT2D eigenvalue weighted by Crippen LogP contribution is 2.23. The predicted octanol–water partition coefficient (Wildman–Crippen LogP) is 3.96. The van der Waals surface area contributed by atoms with E-state index in [1.807, 2.05) is 24.0 Å². The Balaban J connectivity index is 3.03. The minimum atomic E-state index is -0.137. The SMILES string of the molecule is CCN(c1ccc(CBr)cc1F)C(C)C. The molecule has 84 valence electrons. The molecule has 0 amide bonds. The quantitative estimate of drug-likeness (QED) is 0.751. The summed E-state index contributed by atoms with van der Waals surface area (Å²) in [4.78, 5) is 2.05. The molecule has 15 heavy (non-hydrogen) atoms. The van der Waals surface area contributed by atoms with Crippen molar-refractivity contribution in [2.24, 2.45) is 0 Å². The molecule has 0 radical (unpaired) electrons. The first-order chi connectivity index (χ1) is 7.10. The van der Waals surface area contributed by atoms with Crippen LogP contribution in [-0.4, -0.2) is 12.6 Å². The zero-order valence-corrected chi connectivity index (χ0v) is 11.0. The van der Waals surface area contributed by atoms with Gasteiger partial charge < -0.3 is 4.90 Å². The second-order valence-electron chi connectivity index (χ2n) is 3.80. The molecule has 1 rings (SSSR count). The summed E-state index contributed by atoms with van der Waals surface area (Å²) >= 11 is 3.32. The molecule has 1 aromatic carbocycles. The molecule has 0 atom stereocenters. The van der Waals surface area contributed by atoms with Gasteiger partial charge >= 0.3 is 0 Å². The number of hydrogen-bond acceptors (Lipinski definition) is 1. The summed E-state index contributed by atoms with van der Waals surface area (Å²) in [5.41, 5.74) is 1.66. The van der Waals surface area contributed by atoms with E-state index < -0.39 is 0 Å². The molecular formula is C12H17BrFN. The molecule has 0 aliphatic carbocycles. The summed E-state index contributed by atoms with van der Waals surface area (Å²) in [7, 11) is 0. The van der Waals surface area contributed by atoms with Gasteiger partial charge in [-0.3, -0.25) is 0 Å². The largest absolute Gasteiger partial charge is 0.367 e. The maximum absolute atomic E-state index is 13.8. The first-order valence-electron chi connectivity index (χ1n) is 5.21. The lowest BCUT2D eigenvalue weighted by molar-refractivity contribution is 0.603. The van der Waals surface area contributed by atoms with Crippen molar-refractivity contribution < 1.29 is 4.39 Å². The van der Waals surface area contributed by atoms with E-state index >= 15 is 0 Å². The molecule has 0 aromatic heterocycles. The maximum Gasteiger partial charge on any atom is 0.146 e. The molecule has 0 bridgehead atoms. The van der Waals surface area contributed by atoms with Gasteiger partial charge in [0, 0.05) is 17.9 Å². The predicted molar refractivity (Wildman–Crippen MR) is 67.2 cm³/mol. The maximum atomic E-state index is 13.8. The van der Waals surface area contributed by atoms with Crippen LogP contribution in [0.4, 0.5) is 10.1 Å². The van der Waals surface area contributed by atoms with Crippen molar-refractivity contribution in [1.29, 1.82) is 0 Å². The van der Waals surface area contributed by atoms with Crippen LogP contribution < -0.4 is 4.90 Å². The highest BCUT2D eigenvalue weighted by Gasteiger charge is 2.12. The fraction of sp³-hybridized carbons (Fsp3) is 0.500. The third-order valence-electron chi connectivity index (χ3n) is 2.44. The molecule has 0 aliphatic heterocycles. The van der Waals surface area contributed by atoms with Gasteiger partial charge in [-0.1, -0.05) is 22.0 Å². The number of alkyl halides is 1. The van der Waals surface area contributed by atoms with Crippen LogP contribution in [0.25, 0.3) is 0 Å². The Labute approximate surface area is 99.4 Å². The Hall–Kier alpha value is -0.570. The standard InChI is InChI=1S/C12H17BrFN/c1-4-15(9(2)3)12-6-5-10(8-13)7-11(12)14/h5-7,9H,4,8H2,1-3H3. The van der Waals surface area contributed by atoms with Crippen LogP contribution >= 0.6 is 15.9 Å². The smallest absolute Gasteiger partial charge is 0.146 e. The first kappa shape index (κ1) is 12.5. The monoisotopic (exact) mass is 273 g/mol. The zero-order valence-electron chi connectivity index (χ0n) is 9.43. The second-order valence-corrected chi connectivity index (χ2v) is 4.36. The van der Waals surface area contributed by atoms with Gasteiger partial charge in [-0.05, 0) is 38.5 Å². The molecule has 0 saturated heterocycles. The molecule has 0 fully saturated rings. The highest BCUT2D eigenvalue weighted by atomic mass is 79.9. The van der Waals surface area contributed by atoms with Crippen molar-refractivity contribution in [1.82, 2.24) is 0 Å². The molecule has 1 nitrogen and oxygen atoms in total. The summed E-state index contributed by atoms with van der Waals surface area (Å²) in [5, 5.41) is 0.692. The van der Waals surface area contributed by atoms with Gasteiger partial charge in [0.15, 0.2) is 0 Å². The Bertz CT molecular complexity index is 325. The zero-order chi connectivity index (χ0) is 11.4. The number of nitrogens with zero attached hydrogens (tertiary/aromatic N) is 1. The summed E-state index contributed by atoms with van der Waals surface area (Å²) in [6, 6.07) is 5.72. The topological polar surface area (TPSA) is 3.24 Å². The van der Waals surface area contributed by atoms with Crippen molar-refractivity contribution in [3.63, 3.8) is 0 Å². The van der Waals surface area contributed by atoms with Crippen LogP contribution in [0.2, 0.25) is 0 Å². The highest BCUT2D eigenvalue weighted by molar-refractivity contribution is 9.08. The molecule has 1 aromatic rings. The van der Waals surface area contributed by atoms with Gasteiger partial charge in [0.1, 0.15) is 5.82 Å². The number of hydrogen-bond donors (Lipinski definition) is 0. The van der Waals surface area contributed by atoms with Gasteiger partial charge in [-0.15, -0.1) is 0 Å². The van der Waals surface area contributed by atoms with E-state index in [0.29, 0.717) is 17.1 Å². The van der Waals surface area contributed by atoms with E-state index in [1.54, 1.807) is 6.07 Å². The van der Waals surface area contributed by atoms with Gasteiger partial charge in [0.25, 0.3) is 0 Å². The van der Waals surface area contributed by atoms with E-state index in [9.17, 15) is 4.39 Å². The Kier molecular flexibility index (Phi) is 4.58. The Morgan fingerprint density at radius 3 is 2.47 bits per heavy atom. The van der Waals surface area contributed by atoms with Gasteiger partial charge in [0.05, 0.1) is 5.69 Å². The van der Waals surface area contributed by atoms with Crippen molar-refractivity contribution in [2.75, 3.05) is 11.4 Å². The first-order valence-corrected chi connectivity index (χ1v) is 6.33. The minimum absolute atomic E-state index is 0.137. The van der Waals surface area contributed by atoms with Crippen LogP contribution in [0.1, 0.15) is 26.3 Å². The van der Waals surface area contributed by atoms with Crippen LogP contribution in [-0.2, 0) is 5.33 Å². The van der Waals surface area contributed by atoms with E-state index in [-0.39, 0.29) is 5.82 Å². The van der Waals surface area contributed by atoms with Gasteiger partial charge in [-0.25, -0.2) is 4.39 Å². The van der Waals surface area contributed by atoms with Crippen molar-refractivity contribution in [3.8, 4) is 0 Å². The Morgan fingerprint density at radius 1 is 1.40 bits per heavy atom. The number of benzene rings is 1. The molecule has 0 spiro atoms. The summed E-state index contributed by atoms with van der Waals surface area (Å²) in [6.45, 7) is 7.00. The van der Waals surface area contributed by atoms with Crippen molar-refractivity contribution >= 4 is 21.6 Å². The third-order valence-corrected chi connectivity index (χ3v) is 3.09. The number of halogens is 2. The van der Waals surface area contributed by atoms with Crippen molar-refractivity contribution in [3.05, 3.63) is 29.6 Å². The normalized spacial score (nSPS) is 10.8. The molecule has 0 aliphatic rings. The van der Waals surface area contributed by atoms with E-state index in [0.717, 1.165) is 12.1 Å². The van der Waals surface area contributed by atoms with Crippen LogP contribution in [0.3, 0.4) is 0 Å². The molecule has 0 N–H and O–H groups in total. The molecular weight excluding hydrogens is 257 g/mol. The Morgan fingerprint density at radius 2 is 2.07 bits per heavy atom. The fourth-order valence-corrected chi connectivity index (χ4v) is 2.03. The third kappa shape index (κ3) is 2.94. The molecule has 3 heteroatoms. The van der Waals surface area contributed by atoms with E-state index in [1.165, 1.54) is 0 Å². The van der Waals surface area contributed by atoms with Crippen LogP contribution in [0.15, 0.2) is 18.2 Å². The lowest BCUT2D eigenvalue weighted by atomic mass is 10.2. The average Bonchev–Trinajstić information content (AvgIpc) is 2.20. The lowest BCUT2D eigenvalue weighted by Crippen LogP contribution is -2.31. The summed E-state index contributed by atoms with van der Waals surface area (Å²) in [5.74, 6) is -0.137. The summed E-state index contributed by atoms with van der Waals surface area (Å²) < 4.78 is 13.8. The fourth-order valence-electron chi connectivity index (χ4n) is 1.68. The number of rotatable bonds is 4. The van der Waals surface area contributed by atoms with E-state index in [4.69, 9.17) is 0 Å². The van der Waals surface area contributed by atoms with Gasteiger partial charge in [0.2, 0.25) is 0 Å². The molecule has 0 saturated carbocycles. The van der Waals surface area contributed by atoms with Crippen molar-refractivity contribution in [2.45, 2.75) is 32.1 Å².